The van der Waals surface area contributed by atoms with Gasteiger partial charge in [-0.05, 0) is 43.2 Å². The number of anilines is 1. The predicted molar refractivity (Wildman–Crippen MR) is 103 cm³/mol. The van der Waals surface area contributed by atoms with Crippen molar-refractivity contribution in [2.24, 2.45) is 0 Å². The second kappa shape index (κ2) is 8.30. The molecule has 2 aromatic carbocycles. The van der Waals surface area contributed by atoms with Gasteiger partial charge in [-0.1, -0.05) is 54.1 Å². The van der Waals surface area contributed by atoms with E-state index in [1.165, 1.54) is 5.56 Å². The summed E-state index contributed by atoms with van der Waals surface area (Å²) in [5, 5.41) is 0. The molecule has 0 saturated heterocycles. The summed E-state index contributed by atoms with van der Waals surface area (Å²) in [6, 6.07) is 21.3. The summed E-state index contributed by atoms with van der Waals surface area (Å²) in [6.07, 6.45) is 1.69. The molecule has 0 N–H and O–H groups in total. The first-order valence-electron chi connectivity index (χ1n) is 8.59. The molecule has 3 rings (SSSR count). The highest BCUT2D eigenvalue weighted by Crippen LogP contribution is 2.20. The van der Waals surface area contributed by atoms with Crippen molar-refractivity contribution in [1.29, 1.82) is 0 Å². The maximum absolute atomic E-state index is 12.9. The smallest absolute Gasteiger partial charge is 0.266 e. The molecule has 0 aliphatic rings. The van der Waals surface area contributed by atoms with Crippen molar-refractivity contribution in [2.75, 3.05) is 11.5 Å². The van der Waals surface area contributed by atoms with Crippen LogP contribution in [0, 0.1) is 13.8 Å². The number of amides is 1. The fourth-order valence-electron chi connectivity index (χ4n) is 2.76. The van der Waals surface area contributed by atoms with E-state index in [1.54, 1.807) is 11.1 Å². The van der Waals surface area contributed by atoms with Crippen molar-refractivity contribution in [3.05, 3.63) is 89.6 Å². The zero-order valence-corrected chi connectivity index (χ0v) is 15.1. The first kappa shape index (κ1) is 17.7. The van der Waals surface area contributed by atoms with Gasteiger partial charge in [0.15, 0.2) is 6.61 Å². The Balaban J connectivity index is 1.76. The summed E-state index contributed by atoms with van der Waals surface area (Å²) in [5.74, 6) is 1.21. The molecule has 0 unspecified atom stereocenters. The second-order valence-electron chi connectivity index (χ2n) is 6.21. The second-order valence-corrected chi connectivity index (χ2v) is 6.21. The predicted octanol–water partition coefficient (Wildman–Crippen LogP) is 4.31. The topological polar surface area (TPSA) is 42.4 Å². The molecule has 4 nitrogen and oxygen atoms in total. The Kier molecular flexibility index (Phi) is 5.64. The van der Waals surface area contributed by atoms with E-state index in [2.05, 4.69) is 4.98 Å². The highest BCUT2D eigenvalue weighted by Gasteiger charge is 2.18. The van der Waals surface area contributed by atoms with E-state index in [0.29, 0.717) is 12.4 Å². The number of pyridine rings is 1. The Morgan fingerprint density at radius 1 is 1.00 bits per heavy atom. The van der Waals surface area contributed by atoms with E-state index in [4.69, 9.17) is 4.74 Å². The van der Waals surface area contributed by atoms with Crippen molar-refractivity contribution in [3.8, 4) is 5.75 Å². The Morgan fingerprint density at radius 2 is 1.77 bits per heavy atom. The molecule has 3 aromatic rings. The molecule has 0 atom stereocenters. The van der Waals surface area contributed by atoms with Gasteiger partial charge < -0.3 is 4.74 Å². The largest absolute Gasteiger partial charge is 0.483 e. The Morgan fingerprint density at radius 3 is 2.46 bits per heavy atom. The normalized spacial score (nSPS) is 10.4. The average Bonchev–Trinajstić information content (AvgIpc) is 2.67. The molecule has 0 fully saturated rings. The highest BCUT2D eigenvalue weighted by atomic mass is 16.5. The molecule has 0 radical (unpaired) electrons. The van der Waals surface area contributed by atoms with Crippen LogP contribution in [0.3, 0.4) is 0 Å². The van der Waals surface area contributed by atoms with Crippen LogP contribution in [0.15, 0.2) is 72.9 Å². The molecule has 0 aliphatic carbocycles. The molecule has 132 valence electrons. The number of ether oxygens (including phenoxy) is 1. The van der Waals surface area contributed by atoms with Gasteiger partial charge in [-0.2, -0.15) is 0 Å². The fourth-order valence-corrected chi connectivity index (χ4v) is 2.76. The van der Waals surface area contributed by atoms with Gasteiger partial charge in [0.25, 0.3) is 5.91 Å². The van der Waals surface area contributed by atoms with E-state index in [1.807, 2.05) is 80.6 Å². The minimum absolute atomic E-state index is 0.0344. The maximum Gasteiger partial charge on any atom is 0.266 e. The van der Waals surface area contributed by atoms with E-state index in [-0.39, 0.29) is 12.5 Å². The molecule has 1 aromatic heterocycles. The highest BCUT2D eigenvalue weighted by molar-refractivity contribution is 5.93. The van der Waals surface area contributed by atoms with Gasteiger partial charge >= 0.3 is 0 Å². The quantitative estimate of drug-likeness (QED) is 0.668. The Labute approximate surface area is 154 Å². The van der Waals surface area contributed by atoms with Gasteiger partial charge in [-0.3, -0.25) is 9.69 Å². The molecular formula is C22H22N2O2. The summed E-state index contributed by atoms with van der Waals surface area (Å²) in [6.45, 7) is 4.43. The number of hydrogen-bond acceptors (Lipinski definition) is 3. The maximum atomic E-state index is 12.9. The lowest BCUT2D eigenvalue weighted by Crippen LogP contribution is -2.35. The number of aromatic nitrogens is 1. The molecule has 1 heterocycles. The lowest BCUT2D eigenvalue weighted by Gasteiger charge is -2.22. The first-order valence-corrected chi connectivity index (χ1v) is 8.59. The van der Waals surface area contributed by atoms with Gasteiger partial charge in [-0.15, -0.1) is 0 Å². The number of benzene rings is 2. The lowest BCUT2D eigenvalue weighted by molar-refractivity contribution is -0.120. The van der Waals surface area contributed by atoms with Gasteiger partial charge in [0.05, 0.1) is 6.54 Å². The molecular weight excluding hydrogens is 324 g/mol. The zero-order chi connectivity index (χ0) is 18.4. The first-order chi connectivity index (χ1) is 12.6. The van der Waals surface area contributed by atoms with E-state index in [9.17, 15) is 4.79 Å². The monoisotopic (exact) mass is 346 g/mol. The molecule has 4 heteroatoms. The third kappa shape index (κ3) is 4.48. The van der Waals surface area contributed by atoms with Crippen LogP contribution >= 0.6 is 0 Å². The van der Waals surface area contributed by atoms with E-state index >= 15 is 0 Å². The number of nitrogens with zero attached hydrogens (tertiary/aromatic N) is 2. The summed E-state index contributed by atoms with van der Waals surface area (Å²) in [4.78, 5) is 18.8. The lowest BCUT2D eigenvalue weighted by atomic mass is 10.1. The van der Waals surface area contributed by atoms with Crippen LogP contribution in [0.1, 0.15) is 16.7 Å². The molecule has 1 amide bonds. The number of aryl methyl sites for hydroxylation is 2. The minimum atomic E-state index is -0.132. The van der Waals surface area contributed by atoms with E-state index in [0.717, 1.165) is 16.9 Å². The summed E-state index contributed by atoms with van der Waals surface area (Å²) in [7, 11) is 0. The molecule has 26 heavy (non-hydrogen) atoms. The Hall–Kier alpha value is -3.14. The van der Waals surface area contributed by atoms with Gasteiger partial charge in [0.2, 0.25) is 0 Å². The minimum Gasteiger partial charge on any atom is -0.483 e. The molecule has 0 spiro atoms. The molecule has 0 saturated carbocycles. The van der Waals surface area contributed by atoms with Crippen LogP contribution in [-0.2, 0) is 11.3 Å². The van der Waals surface area contributed by atoms with Crippen LogP contribution in [0.5, 0.6) is 5.75 Å². The fraction of sp³-hybridized carbons (Fsp3) is 0.182. The SMILES string of the molecule is Cc1ccc(OCC(=O)N(Cc2ccccc2)c2ccccn2)c(C)c1. The van der Waals surface area contributed by atoms with Crippen molar-refractivity contribution in [3.63, 3.8) is 0 Å². The average molecular weight is 346 g/mol. The number of carbonyl (C=O) groups excluding carboxylic acids is 1. The van der Waals surface area contributed by atoms with Gasteiger partial charge in [0.1, 0.15) is 11.6 Å². The van der Waals surface area contributed by atoms with Crippen LogP contribution in [0.2, 0.25) is 0 Å². The molecule has 0 bridgehead atoms. The number of rotatable bonds is 6. The summed E-state index contributed by atoms with van der Waals surface area (Å²) >= 11 is 0. The summed E-state index contributed by atoms with van der Waals surface area (Å²) in [5.41, 5.74) is 3.23. The third-order valence-corrected chi connectivity index (χ3v) is 4.09. The zero-order valence-electron chi connectivity index (χ0n) is 15.1. The number of carbonyl (C=O) groups is 1. The third-order valence-electron chi connectivity index (χ3n) is 4.09. The number of hydrogen-bond donors (Lipinski definition) is 0. The van der Waals surface area contributed by atoms with Crippen molar-refractivity contribution >= 4 is 11.7 Å². The summed E-state index contributed by atoms with van der Waals surface area (Å²) < 4.78 is 5.77. The van der Waals surface area contributed by atoms with Crippen molar-refractivity contribution in [2.45, 2.75) is 20.4 Å². The molecule has 0 aliphatic heterocycles. The standard InChI is InChI=1S/C22H22N2O2/c1-17-11-12-20(18(2)14-17)26-16-22(25)24(21-10-6-7-13-23-21)15-19-8-4-3-5-9-19/h3-14H,15-16H2,1-2H3. The van der Waals surface area contributed by atoms with Gasteiger partial charge in [0, 0.05) is 6.20 Å². The van der Waals surface area contributed by atoms with Gasteiger partial charge in [-0.25, -0.2) is 4.98 Å². The van der Waals surface area contributed by atoms with Crippen LogP contribution in [0.25, 0.3) is 0 Å². The van der Waals surface area contributed by atoms with Crippen LogP contribution < -0.4 is 9.64 Å². The van der Waals surface area contributed by atoms with Crippen LogP contribution in [-0.4, -0.2) is 17.5 Å². The Bertz CT molecular complexity index is 864. The van der Waals surface area contributed by atoms with Crippen molar-refractivity contribution < 1.29 is 9.53 Å². The van der Waals surface area contributed by atoms with Crippen molar-refractivity contribution in [1.82, 2.24) is 4.98 Å². The van der Waals surface area contributed by atoms with E-state index < -0.39 is 0 Å². The van der Waals surface area contributed by atoms with Crippen LogP contribution in [0.4, 0.5) is 5.82 Å².